The van der Waals surface area contributed by atoms with Crippen LogP contribution in [-0.4, -0.2) is 24.1 Å². The number of hydrogen-bond donors (Lipinski definition) is 1. The Balaban J connectivity index is 3.38. The van der Waals surface area contributed by atoms with Gasteiger partial charge in [-0.2, -0.15) is 11.8 Å². The van der Waals surface area contributed by atoms with Gasteiger partial charge in [-0.1, -0.05) is 6.92 Å². The van der Waals surface area contributed by atoms with E-state index >= 15 is 0 Å². The lowest BCUT2D eigenvalue weighted by Gasteiger charge is -2.23. The Morgan fingerprint density at radius 2 is 1.91 bits per heavy atom. The standard InChI is InChI=1S/C9H21NS/c1-8(7-11-5)6-10-9(2,3)4/h8,10H,6-7H2,1-5H3. The van der Waals surface area contributed by atoms with Crippen LogP contribution in [0.3, 0.4) is 0 Å². The second-order valence-corrected chi connectivity index (χ2v) is 5.10. The largest absolute Gasteiger partial charge is 0.312 e. The van der Waals surface area contributed by atoms with E-state index in [2.05, 4.69) is 39.3 Å². The first-order valence-corrected chi connectivity index (χ1v) is 5.59. The van der Waals surface area contributed by atoms with Crippen molar-refractivity contribution in [3.05, 3.63) is 0 Å². The molecule has 0 aliphatic carbocycles. The van der Waals surface area contributed by atoms with E-state index < -0.39 is 0 Å². The summed E-state index contributed by atoms with van der Waals surface area (Å²) >= 11 is 1.92. The summed E-state index contributed by atoms with van der Waals surface area (Å²) in [4.78, 5) is 0. The van der Waals surface area contributed by atoms with Crippen molar-refractivity contribution in [2.75, 3.05) is 18.6 Å². The molecule has 0 aromatic rings. The summed E-state index contributed by atoms with van der Waals surface area (Å²) in [5.41, 5.74) is 0.271. The third kappa shape index (κ3) is 8.21. The van der Waals surface area contributed by atoms with Crippen molar-refractivity contribution in [2.24, 2.45) is 5.92 Å². The second kappa shape index (κ2) is 5.04. The first-order valence-electron chi connectivity index (χ1n) is 4.19. The molecule has 0 aliphatic heterocycles. The van der Waals surface area contributed by atoms with Crippen LogP contribution in [0, 0.1) is 5.92 Å². The van der Waals surface area contributed by atoms with E-state index in [1.54, 1.807) is 0 Å². The van der Waals surface area contributed by atoms with Crippen LogP contribution in [0.15, 0.2) is 0 Å². The molecule has 11 heavy (non-hydrogen) atoms. The Morgan fingerprint density at radius 1 is 1.36 bits per heavy atom. The van der Waals surface area contributed by atoms with Crippen LogP contribution >= 0.6 is 11.8 Å². The fourth-order valence-corrected chi connectivity index (χ4v) is 1.51. The molecule has 1 atom stereocenters. The first kappa shape index (κ1) is 11.3. The first-order chi connectivity index (χ1) is 4.95. The van der Waals surface area contributed by atoms with Gasteiger partial charge in [-0.25, -0.2) is 0 Å². The highest BCUT2D eigenvalue weighted by Gasteiger charge is 2.10. The fourth-order valence-electron chi connectivity index (χ4n) is 0.824. The van der Waals surface area contributed by atoms with Crippen LogP contribution in [0.1, 0.15) is 27.7 Å². The van der Waals surface area contributed by atoms with Gasteiger partial charge in [0.05, 0.1) is 0 Å². The van der Waals surface area contributed by atoms with Gasteiger partial charge < -0.3 is 5.32 Å². The van der Waals surface area contributed by atoms with Gasteiger partial charge in [0.25, 0.3) is 0 Å². The van der Waals surface area contributed by atoms with Gasteiger partial charge in [0, 0.05) is 5.54 Å². The van der Waals surface area contributed by atoms with Crippen molar-refractivity contribution in [3.63, 3.8) is 0 Å². The van der Waals surface area contributed by atoms with Crippen LogP contribution in [0.4, 0.5) is 0 Å². The summed E-state index contributed by atoms with van der Waals surface area (Å²) in [6.07, 6.45) is 2.16. The smallest absolute Gasteiger partial charge is 0.00966 e. The Morgan fingerprint density at radius 3 is 2.27 bits per heavy atom. The summed E-state index contributed by atoms with van der Waals surface area (Å²) in [6.45, 7) is 10.0. The molecule has 0 aliphatic rings. The van der Waals surface area contributed by atoms with Gasteiger partial charge in [0.2, 0.25) is 0 Å². The zero-order chi connectivity index (χ0) is 8.91. The van der Waals surface area contributed by atoms with Crippen LogP contribution in [0.25, 0.3) is 0 Å². The predicted molar refractivity (Wildman–Crippen MR) is 55.3 cm³/mol. The van der Waals surface area contributed by atoms with Crippen LogP contribution in [0.2, 0.25) is 0 Å². The van der Waals surface area contributed by atoms with Gasteiger partial charge in [-0.3, -0.25) is 0 Å². The molecule has 0 bridgehead atoms. The normalized spacial score (nSPS) is 15.0. The topological polar surface area (TPSA) is 12.0 Å². The molecule has 0 saturated heterocycles. The van der Waals surface area contributed by atoms with Crippen molar-refractivity contribution in [1.82, 2.24) is 5.32 Å². The molecule has 0 fully saturated rings. The highest BCUT2D eigenvalue weighted by molar-refractivity contribution is 7.98. The minimum atomic E-state index is 0.271. The Bertz CT molecular complexity index is 96.2. The molecule has 0 aromatic heterocycles. The van der Waals surface area contributed by atoms with Crippen molar-refractivity contribution in [3.8, 4) is 0 Å². The maximum Gasteiger partial charge on any atom is 0.00966 e. The third-order valence-corrected chi connectivity index (χ3v) is 2.33. The Hall–Kier alpha value is 0.310. The molecule has 1 nitrogen and oxygen atoms in total. The molecule has 1 N–H and O–H groups in total. The molecular formula is C9H21NS. The lowest BCUT2D eigenvalue weighted by atomic mass is 10.1. The highest BCUT2D eigenvalue weighted by Crippen LogP contribution is 2.05. The van der Waals surface area contributed by atoms with E-state index in [1.807, 2.05) is 11.8 Å². The molecule has 0 saturated carbocycles. The summed E-state index contributed by atoms with van der Waals surface area (Å²) in [5, 5.41) is 3.49. The zero-order valence-electron chi connectivity index (χ0n) is 8.40. The summed E-state index contributed by atoms with van der Waals surface area (Å²) in [6, 6.07) is 0. The van der Waals surface area contributed by atoms with Gasteiger partial charge in [-0.15, -0.1) is 0 Å². The number of nitrogens with one attached hydrogen (secondary N) is 1. The maximum atomic E-state index is 3.49. The van der Waals surface area contributed by atoms with Crippen molar-refractivity contribution < 1.29 is 0 Å². The van der Waals surface area contributed by atoms with Gasteiger partial charge in [0.1, 0.15) is 0 Å². The van der Waals surface area contributed by atoms with E-state index in [1.165, 1.54) is 5.75 Å². The summed E-state index contributed by atoms with van der Waals surface area (Å²) < 4.78 is 0. The van der Waals surface area contributed by atoms with E-state index in [0.29, 0.717) is 0 Å². The third-order valence-electron chi connectivity index (χ3n) is 1.43. The van der Waals surface area contributed by atoms with E-state index in [0.717, 1.165) is 12.5 Å². The summed E-state index contributed by atoms with van der Waals surface area (Å²) in [7, 11) is 0. The second-order valence-electron chi connectivity index (χ2n) is 4.19. The molecular weight excluding hydrogens is 154 g/mol. The molecule has 0 spiro atoms. The quantitative estimate of drug-likeness (QED) is 0.704. The number of thioether (sulfide) groups is 1. The van der Waals surface area contributed by atoms with Crippen LogP contribution in [0.5, 0.6) is 0 Å². The minimum absolute atomic E-state index is 0.271. The number of hydrogen-bond acceptors (Lipinski definition) is 2. The minimum Gasteiger partial charge on any atom is -0.312 e. The Labute approximate surface area is 75.3 Å². The SMILES string of the molecule is CSCC(C)CNC(C)(C)C. The van der Waals surface area contributed by atoms with E-state index in [9.17, 15) is 0 Å². The van der Waals surface area contributed by atoms with Gasteiger partial charge in [0.15, 0.2) is 0 Å². The van der Waals surface area contributed by atoms with E-state index in [4.69, 9.17) is 0 Å². The molecule has 0 heterocycles. The predicted octanol–water partition coefficient (Wildman–Crippen LogP) is 2.37. The fraction of sp³-hybridized carbons (Fsp3) is 1.00. The maximum absolute atomic E-state index is 3.49. The molecule has 1 unspecified atom stereocenters. The average molecular weight is 175 g/mol. The zero-order valence-corrected chi connectivity index (χ0v) is 9.22. The molecule has 0 amide bonds. The lowest BCUT2D eigenvalue weighted by molar-refractivity contribution is 0.395. The van der Waals surface area contributed by atoms with Crippen molar-refractivity contribution in [1.29, 1.82) is 0 Å². The molecule has 2 heteroatoms. The van der Waals surface area contributed by atoms with Crippen LogP contribution in [-0.2, 0) is 0 Å². The summed E-state index contributed by atoms with van der Waals surface area (Å²) in [5.74, 6) is 2.03. The number of rotatable bonds is 4. The molecule has 0 aromatic carbocycles. The molecule has 68 valence electrons. The van der Waals surface area contributed by atoms with Crippen LogP contribution < -0.4 is 5.32 Å². The van der Waals surface area contributed by atoms with Gasteiger partial charge >= 0.3 is 0 Å². The lowest BCUT2D eigenvalue weighted by Crippen LogP contribution is -2.39. The highest BCUT2D eigenvalue weighted by atomic mass is 32.2. The monoisotopic (exact) mass is 175 g/mol. The molecule has 0 radical (unpaired) electrons. The molecule has 0 rings (SSSR count). The van der Waals surface area contributed by atoms with Crippen molar-refractivity contribution in [2.45, 2.75) is 33.2 Å². The Kier molecular flexibility index (Phi) is 5.19. The van der Waals surface area contributed by atoms with Crippen molar-refractivity contribution >= 4 is 11.8 Å². The van der Waals surface area contributed by atoms with E-state index in [-0.39, 0.29) is 5.54 Å². The van der Waals surface area contributed by atoms with Gasteiger partial charge in [-0.05, 0) is 45.2 Å². The average Bonchev–Trinajstić information content (AvgIpc) is 1.83.